The maximum Gasteiger partial charge on any atom is 0.415 e. The third kappa shape index (κ3) is 6.05. The molecule has 0 spiro atoms. The monoisotopic (exact) mass is 557 g/mol. The number of halogens is 1. The van der Waals surface area contributed by atoms with E-state index in [-0.39, 0.29) is 23.8 Å². The topological polar surface area (TPSA) is 89.8 Å². The highest BCUT2D eigenvalue weighted by atomic mass is 35.5. The van der Waals surface area contributed by atoms with Crippen molar-refractivity contribution in [3.8, 4) is 11.8 Å². The molecule has 2 fully saturated rings. The standard InChI is InChI=1S/C31H32ClN5O3/c1-21-4-3-5-26(16-21)40-31(39)35(2)28-20-37(19-27(28)23-7-9-25(32)10-8-23)30(38)24-12-14-36(15-13-24)29-11-6-22(17-33)18-34-29/h3-11,16,18,24,27-28H,12-15,19-20H2,1-2H3/t27-,28+/m0/s1. The van der Waals surface area contributed by atoms with Crippen LogP contribution < -0.4 is 9.64 Å². The molecule has 0 saturated carbocycles. The van der Waals surface area contributed by atoms with E-state index >= 15 is 0 Å². The van der Waals surface area contributed by atoms with Crippen molar-refractivity contribution in [1.29, 1.82) is 5.26 Å². The fourth-order valence-corrected chi connectivity index (χ4v) is 5.76. The second-order valence-corrected chi connectivity index (χ2v) is 11.0. The van der Waals surface area contributed by atoms with Gasteiger partial charge in [0.2, 0.25) is 5.91 Å². The molecule has 8 nitrogen and oxygen atoms in total. The average molecular weight is 558 g/mol. The molecule has 2 amide bonds. The molecular weight excluding hydrogens is 526 g/mol. The zero-order valence-corrected chi connectivity index (χ0v) is 23.4. The number of hydrogen-bond acceptors (Lipinski definition) is 6. The van der Waals surface area contributed by atoms with Gasteiger partial charge in [-0.2, -0.15) is 5.26 Å². The molecule has 2 aliphatic rings. The number of amides is 2. The number of nitriles is 1. The maximum atomic E-state index is 13.7. The van der Waals surface area contributed by atoms with Gasteiger partial charge in [-0.05, 0) is 67.3 Å². The van der Waals surface area contributed by atoms with E-state index < -0.39 is 6.09 Å². The van der Waals surface area contributed by atoms with Crippen LogP contribution in [-0.2, 0) is 4.79 Å². The van der Waals surface area contributed by atoms with Crippen LogP contribution in [0.3, 0.4) is 0 Å². The minimum absolute atomic E-state index is 0.0702. The quantitative estimate of drug-likeness (QED) is 0.425. The van der Waals surface area contributed by atoms with Gasteiger partial charge in [0, 0.05) is 56.3 Å². The fraction of sp³-hybridized carbons (Fsp3) is 0.355. The first-order valence-electron chi connectivity index (χ1n) is 13.5. The molecule has 5 rings (SSSR count). The number of pyridine rings is 1. The van der Waals surface area contributed by atoms with Gasteiger partial charge in [0.1, 0.15) is 17.6 Å². The third-order valence-corrected chi connectivity index (χ3v) is 8.18. The fourth-order valence-electron chi connectivity index (χ4n) is 5.64. The zero-order chi connectivity index (χ0) is 28.2. The number of anilines is 1. The van der Waals surface area contributed by atoms with E-state index in [9.17, 15) is 9.59 Å². The van der Waals surface area contributed by atoms with E-state index in [1.807, 2.05) is 60.4 Å². The van der Waals surface area contributed by atoms with Crippen LogP contribution in [0.4, 0.5) is 10.6 Å². The first kappa shape index (κ1) is 27.5. The number of likely N-dealkylation sites (tertiary alicyclic amines) is 1. The van der Waals surface area contributed by atoms with Crippen molar-refractivity contribution in [2.24, 2.45) is 5.92 Å². The molecule has 2 saturated heterocycles. The summed E-state index contributed by atoms with van der Waals surface area (Å²) in [5.41, 5.74) is 2.56. The third-order valence-electron chi connectivity index (χ3n) is 7.92. The smallest absolute Gasteiger partial charge is 0.410 e. The number of ether oxygens (including phenoxy) is 1. The normalized spacial score (nSPS) is 19.2. The molecule has 3 heterocycles. The number of benzene rings is 2. The van der Waals surface area contributed by atoms with Crippen LogP contribution in [0.25, 0.3) is 0 Å². The zero-order valence-electron chi connectivity index (χ0n) is 22.7. The van der Waals surface area contributed by atoms with E-state index in [1.54, 1.807) is 30.3 Å². The van der Waals surface area contributed by atoms with Gasteiger partial charge in [-0.3, -0.25) is 4.79 Å². The molecular formula is C31H32ClN5O3. The highest BCUT2D eigenvalue weighted by Gasteiger charge is 2.42. The summed E-state index contributed by atoms with van der Waals surface area (Å²) in [4.78, 5) is 37.0. The minimum Gasteiger partial charge on any atom is -0.410 e. The Kier molecular flexibility index (Phi) is 8.22. The van der Waals surface area contributed by atoms with Crippen LogP contribution >= 0.6 is 11.6 Å². The van der Waals surface area contributed by atoms with E-state index in [0.29, 0.717) is 29.4 Å². The molecule has 0 radical (unpaired) electrons. The second-order valence-electron chi connectivity index (χ2n) is 10.5. The SMILES string of the molecule is Cc1cccc(OC(=O)N(C)[C@@H]2CN(C(=O)C3CCN(c4ccc(C#N)cn4)CC3)C[C@H]2c2ccc(Cl)cc2)c1. The second kappa shape index (κ2) is 12.0. The molecule has 3 aromatic rings. The lowest BCUT2D eigenvalue weighted by Gasteiger charge is -2.34. The van der Waals surface area contributed by atoms with Crippen molar-refractivity contribution >= 4 is 29.4 Å². The number of likely N-dealkylation sites (N-methyl/N-ethyl adjacent to an activating group) is 1. The number of aromatic nitrogens is 1. The average Bonchev–Trinajstić information content (AvgIpc) is 3.42. The predicted octanol–water partition coefficient (Wildman–Crippen LogP) is 5.26. The van der Waals surface area contributed by atoms with Crippen LogP contribution in [-0.4, -0.2) is 66.1 Å². The summed E-state index contributed by atoms with van der Waals surface area (Å²) in [7, 11) is 1.74. The summed E-state index contributed by atoms with van der Waals surface area (Å²) < 4.78 is 5.69. The number of piperidine rings is 1. The summed E-state index contributed by atoms with van der Waals surface area (Å²) in [6.07, 6.45) is 2.57. The van der Waals surface area contributed by atoms with Crippen molar-refractivity contribution in [2.75, 3.05) is 38.1 Å². The number of hydrogen-bond donors (Lipinski definition) is 0. The molecule has 0 aliphatic carbocycles. The first-order chi connectivity index (χ1) is 19.3. The van der Waals surface area contributed by atoms with Gasteiger partial charge in [-0.25, -0.2) is 9.78 Å². The number of rotatable bonds is 5. The molecule has 2 atom stereocenters. The number of carbonyl (C=O) groups excluding carboxylic acids is 2. The van der Waals surface area contributed by atoms with Gasteiger partial charge < -0.3 is 19.4 Å². The van der Waals surface area contributed by atoms with Crippen molar-refractivity contribution in [2.45, 2.75) is 31.7 Å². The molecule has 9 heteroatoms. The molecule has 206 valence electrons. The van der Waals surface area contributed by atoms with Crippen LogP contribution in [0.15, 0.2) is 66.9 Å². The lowest BCUT2D eigenvalue weighted by molar-refractivity contribution is -0.135. The predicted molar refractivity (Wildman–Crippen MR) is 153 cm³/mol. The van der Waals surface area contributed by atoms with Crippen molar-refractivity contribution in [3.63, 3.8) is 0 Å². The number of nitrogens with zero attached hydrogens (tertiary/aromatic N) is 5. The lowest BCUT2D eigenvalue weighted by atomic mass is 9.93. The Balaban J connectivity index is 1.28. The highest BCUT2D eigenvalue weighted by Crippen LogP contribution is 2.34. The highest BCUT2D eigenvalue weighted by molar-refractivity contribution is 6.30. The molecule has 40 heavy (non-hydrogen) atoms. The minimum atomic E-state index is -0.452. The van der Waals surface area contributed by atoms with Crippen molar-refractivity contribution in [3.05, 3.63) is 88.6 Å². The van der Waals surface area contributed by atoms with Crippen LogP contribution in [0.2, 0.25) is 5.02 Å². The number of aryl methyl sites for hydroxylation is 1. The first-order valence-corrected chi connectivity index (χ1v) is 13.9. The summed E-state index contributed by atoms with van der Waals surface area (Å²) in [6, 6.07) is 20.5. The van der Waals surface area contributed by atoms with Gasteiger partial charge in [-0.1, -0.05) is 35.9 Å². The van der Waals surface area contributed by atoms with Gasteiger partial charge >= 0.3 is 6.09 Å². The van der Waals surface area contributed by atoms with Gasteiger partial charge in [-0.15, -0.1) is 0 Å². The van der Waals surface area contributed by atoms with Gasteiger partial charge in [0.05, 0.1) is 11.6 Å². The van der Waals surface area contributed by atoms with Crippen molar-refractivity contribution in [1.82, 2.24) is 14.8 Å². The molecule has 0 unspecified atom stereocenters. The maximum absolute atomic E-state index is 13.7. The van der Waals surface area contributed by atoms with Crippen LogP contribution in [0.1, 0.15) is 35.4 Å². The van der Waals surface area contributed by atoms with Gasteiger partial charge in [0.25, 0.3) is 0 Å². The molecule has 0 bridgehead atoms. The largest absolute Gasteiger partial charge is 0.415 e. The Morgan fingerprint density at radius 3 is 2.48 bits per heavy atom. The Labute approximate surface area is 239 Å². The molecule has 2 aliphatic heterocycles. The van der Waals surface area contributed by atoms with Crippen LogP contribution in [0, 0.1) is 24.2 Å². The summed E-state index contributed by atoms with van der Waals surface area (Å²) in [6.45, 7) is 4.34. The molecule has 1 aromatic heterocycles. The van der Waals surface area contributed by atoms with Gasteiger partial charge in [0.15, 0.2) is 0 Å². The van der Waals surface area contributed by atoms with E-state index in [4.69, 9.17) is 21.6 Å². The van der Waals surface area contributed by atoms with Crippen molar-refractivity contribution < 1.29 is 14.3 Å². The van der Waals surface area contributed by atoms with E-state index in [2.05, 4.69) is 16.0 Å². The summed E-state index contributed by atoms with van der Waals surface area (Å²) in [5.74, 6) is 1.27. The van der Waals surface area contributed by atoms with Crippen LogP contribution in [0.5, 0.6) is 5.75 Å². The van der Waals surface area contributed by atoms with E-state index in [1.165, 1.54) is 0 Å². The molecule has 0 N–H and O–H groups in total. The lowest BCUT2D eigenvalue weighted by Crippen LogP contribution is -2.45. The molecule has 2 aromatic carbocycles. The Morgan fingerprint density at radius 1 is 1.07 bits per heavy atom. The Morgan fingerprint density at radius 2 is 1.82 bits per heavy atom. The summed E-state index contributed by atoms with van der Waals surface area (Å²) >= 11 is 6.15. The Hall–Kier alpha value is -4.09. The number of carbonyl (C=O) groups is 2. The Bertz CT molecular complexity index is 1400. The van der Waals surface area contributed by atoms with E-state index in [0.717, 1.165) is 42.9 Å². The summed E-state index contributed by atoms with van der Waals surface area (Å²) in [5, 5.41) is 9.66.